The molecule has 2 aromatic rings. The summed E-state index contributed by atoms with van der Waals surface area (Å²) in [5.41, 5.74) is 1.38. The van der Waals surface area contributed by atoms with Gasteiger partial charge in [0, 0.05) is 11.4 Å². The molecule has 1 saturated carbocycles. The van der Waals surface area contributed by atoms with E-state index < -0.39 is 0 Å². The van der Waals surface area contributed by atoms with Gasteiger partial charge in [0.15, 0.2) is 0 Å². The number of amides is 2. The van der Waals surface area contributed by atoms with Crippen LogP contribution in [-0.2, 0) is 9.59 Å². The molecule has 0 aliphatic heterocycles. The number of anilines is 2. The molecule has 150 valence electrons. The molecule has 0 heterocycles. The van der Waals surface area contributed by atoms with E-state index in [-0.39, 0.29) is 35.5 Å². The van der Waals surface area contributed by atoms with E-state index in [1.165, 1.54) is 0 Å². The van der Waals surface area contributed by atoms with E-state index in [0.717, 1.165) is 17.9 Å². The molecule has 0 radical (unpaired) electrons. The Balaban J connectivity index is 1.48. The van der Waals surface area contributed by atoms with Gasteiger partial charge in [-0.15, -0.1) is 0 Å². The lowest BCUT2D eigenvalue weighted by molar-refractivity contribution is -0.129. The maximum atomic E-state index is 13.0. The average Bonchev–Trinajstić information content (AvgIpc) is 3.36. The summed E-state index contributed by atoms with van der Waals surface area (Å²) in [6.07, 6.45) is 4.97. The predicted octanol–water partition coefficient (Wildman–Crippen LogP) is 3.72. The third-order valence-corrected chi connectivity index (χ3v) is 5.78. The zero-order valence-electron chi connectivity index (χ0n) is 16.4. The highest BCUT2D eigenvalue weighted by molar-refractivity contribution is 6.01. The van der Waals surface area contributed by atoms with E-state index in [1.54, 1.807) is 62.8 Å². The van der Waals surface area contributed by atoms with Gasteiger partial charge in [-0.05, 0) is 66.8 Å². The van der Waals surface area contributed by atoms with Crippen LogP contribution in [0, 0.1) is 23.7 Å². The number of hydrogen-bond acceptors (Lipinski definition) is 4. The quantitative estimate of drug-likeness (QED) is 0.735. The molecule has 2 N–H and O–H groups in total. The Bertz CT molecular complexity index is 845. The van der Waals surface area contributed by atoms with Crippen molar-refractivity contribution in [2.75, 3.05) is 24.9 Å². The van der Waals surface area contributed by atoms with Crippen LogP contribution < -0.4 is 20.1 Å². The van der Waals surface area contributed by atoms with Gasteiger partial charge in [-0.2, -0.15) is 0 Å². The summed E-state index contributed by atoms with van der Waals surface area (Å²) >= 11 is 0. The molecule has 2 aliphatic rings. The van der Waals surface area contributed by atoms with Crippen molar-refractivity contribution in [1.82, 2.24) is 0 Å². The molecular formula is C23H24N2O4. The van der Waals surface area contributed by atoms with Crippen molar-refractivity contribution >= 4 is 23.2 Å². The van der Waals surface area contributed by atoms with Crippen LogP contribution in [-0.4, -0.2) is 26.0 Å². The maximum absolute atomic E-state index is 13.0. The van der Waals surface area contributed by atoms with E-state index in [0.29, 0.717) is 11.4 Å². The van der Waals surface area contributed by atoms with Crippen LogP contribution in [0.5, 0.6) is 11.5 Å². The molecule has 2 aromatic carbocycles. The van der Waals surface area contributed by atoms with E-state index in [2.05, 4.69) is 22.8 Å². The van der Waals surface area contributed by atoms with Gasteiger partial charge in [0.1, 0.15) is 11.5 Å². The highest BCUT2D eigenvalue weighted by Crippen LogP contribution is 2.48. The Kier molecular flexibility index (Phi) is 5.25. The van der Waals surface area contributed by atoms with Gasteiger partial charge in [0.2, 0.25) is 11.8 Å². The number of nitrogens with one attached hydrogen (secondary N) is 2. The fraction of sp³-hybridized carbons (Fsp3) is 0.304. The van der Waals surface area contributed by atoms with Gasteiger partial charge < -0.3 is 20.1 Å². The number of fused-ring (bicyclic) bond motifs is 2. The first kappa shape index (κ1) is 19.1. The van der Waals surface area contributed by atoms with Gasteiger partial charge in [-0.25, -0.2) is 0 Å². The molecule has 0 unspecified atom stereocenters. The summed E-state index contributed by atoms with van der Waals surface area (Å²) < 4.78 is 10.3. The molecule has 2 amide bonds. The highest BCUT2D eigenvalue weighted by atomic mass is 16.5. The Morgan fingerprint density at radius 1 is 0.724 bits per heavy atom. The number of methoxy groups -OCH3 is 2. The molecule has 2 aliphatic carbocycles. The third-order valence-electron chi connectivity index (χ3n) is 5.78. The number of benzene rings is 2. The zero-order chi connectivity index (χ0) is 20.4. The molecular weight excluding hydrogens is 368 g/mol. The van der Waals surface area contributed by atoms with Crippen LogP contribution in [0.4, 0.5) is 11.4 Å². The van der Waals surface area contributed by atoms with Crippen LogP contribution in [0.25, 0.3) is 0 Å². The van der Waals surface area contributed by atoms with Crippen molar-refractivity contribution in [3.8, 4) is 11.5 Å². The minimum atomic E-state index is -0.384. The van der Waals surface area contributed by atoms with Crippen molar-refractivity contribution < 1.29 is 19.1 Å². The topological polar surface area (TPSA) is 76.7 Å². The number of carbonyl (C=O) groups is 2. The Labute approximate surface area is 169 Å². The Hall–Kier alpha value is -3.28. The van der Waals surface area contributed by atoms with E-state index >= 15 is 0 Å². The average molecular weight is 392 g/mol. The van der Waals surface area contributed by atoms with Crippen LogP contribution >= 0.6 is 0 Å². The van der Waals surface area contributed by atoms with E-state index in [4.69, 9.17) is 9.47 Å². The molecule has 1 fully saturated rings. The Morgan fingerprint density at radius 2 is 1.10 bits per heavy atom. The first-order chi connectivity index (χ1) is 14.1. The summed E-state index contributed by atoms with van der Waals surface area (Å²) in [5, 5.41) is 5.92. The summed E-state index contributed by atoms with van der Waals surface area (Å²) in [6.45, 7) is 0. The lowest BCUT2D eigenvalue weighted by Gasteiger charge is -2.26. The van der Waals surface area contributed by atoms with Gasteiger partial charge in [0.25, 0.3) is 0 Å². The minimum Gasteiger partial charge on any atom is -0.497 e. The lowest BCUT2D eigenvalue weighted by atomic mass is 9.81. The van der Waals surface area contributed by atoms with Gasteiger partial charge in [0.05, 0.1) is 26.1 Å². The first-order valence-electron chi connectivity index (χ1n) is 9.67. The molecule has 4 atom stereocenters. The molecule has 2 bridgehead atoms. The number of allylic oxidation sites excluding steroid dienone is 2. The summed E-state index contributed by atoms with van der Waals surface area (Å²) in [6, 6.07) is 14.4. The first-order valence-corrected chi connectivity index (χ1v) is 9.67. The van der Waals surface area contributed by atoms with Crippen molar-refractivity contribution in [1.29, 1.82) is 0 Å². The molecule has 6 nitrogen and oxygen atoms in total. The van der Waals surface area contributed by atoms with Crippen LogP contribution in [0.1, 0.15) is 6.42 Å². The fourth-order valence-electron chi connectivity index (χ4n) is 4.34. The molecule has 4 rings (SSSR count). The lowest BCUT2D eigenvalue weighted by Crippen LogP contribution is -2.39. The molecule has 0 spiro atoms. The summed E-state index contributed by atoms with van der Waals surface area (Å²) in [4.78, 5) is 26.1. The normalized spacial score (nSPS) is 24.2. The van der Waals surface area contributed by atoms with Crippen LogP contribution in [0.15, 0.2) is 60.7 Å². The standard InChI is InChI=1S/C23H24N2O4/c1-28-18-9-5-16(6-10-18)24-22(26)20-14-3-4-15(13-14)21(20)23(27)25-17-7-11-19(29-2)12-8-17/h3-12,14-15,20-21H,13H2,1-2H3,(H,24,26)(H,25,27)/t14-,15+,20-,21+. The van der Waals surface area contributed by atoms with Crippen LogP contribution in [0.3, 0.4) is 0 Å². The number of ether oxygens (including phenoxy) is 2. The highest BCUT2D eigenvalue weighted by Gasteiger charge is 2.51. The van der Waals surface area contributed by atoms with Gasteiger partial charge in [-0.3, -0.25) is 9.59 Å². The largest absolute Gasteiger partial charge is 0.497 e. The molecule has 29 heavy (non-hydrogen) atoms. The molecule has 0 saturated heterocycles. The predicted molar refractivity (Wildman–Crippen MR) is 111 cm³/mol. The van der Waals surface area contributed by atoms with Crippen molar-refractivity contribution in [2.45, 2.75) is 6.42 Å². The smallest absolute Gasteiger partial charge is 0.228 e. The SMILES string of the molecule is COc1ccc(NC(=O)[C@@H]2[C@H](C(=O)Nc3ccc(OC)cc3)[C@@H]3C=C[C@H]2C3)cc1. The number of rotatable bonds is 6. The van der Waals surface area contributed by atoms with E-state index in [9.17, 15) is 9.59 Å². The van der Waals surface area contributed by atoms with Crippen molar-refractivity contribution in [3.05, 3.63) is 60.7 Å². The van der Waals surface area contributed by atoms with Gasteiger partial charge in [-0.1, -0.05) is 12.2 Å². The van der Waals surface area contributed by atoms with E-state index in [1.807, 2.05) is 0 Å². The fourth-order valence-corrected chi connectivity index (χ4v) is 4.34. The van der Waals surface area contributed by atoms with Crippen molar-refractivity contribution in [2.24, 2.45) is 23.7 Å². The second kappa shape index (κ2) is 7.99. The minimum absolute atomic E-state index is 0.0878. The number of carbonyl (C=O) groups excluding carboxylic acids is 2. The summed E-state index contributed by atoms with van der Waals surface area (Å²) in [5.74, 6) is 0.611. The maximum Gasteiger partial charge on any atom is 0.228 e. The second-order valence-corrected chi connectivity index (χ2v) is 7.44. The molecule has 6 heteroatoms. The van der Waals surface area contributed by atoms with Crippen LogP contribution in [0.2, 0.25) is 0 Å². The van der Waals surface area contributed by atoms with Gasteiger partial charge >= 0.3 is 0 Å². The second-order valence-electron chi connectivity index (χ2n) is 7.44. The molecule has 0 aromatic heterocycles. The third kappa shape index (κ3) is 3.83. The number of hydrogen-bond donors (Lipinski definition) is 2. The summed E-state index contributed by atoms with van der Waals surface area (Å²) in [7, 11) is 3.20. The zero-order valence-corrected chi connectivity index (χ0v) is 16.4. The Morgan fingerprint density at radius 3 is 1.45 bits per heavy atom. The van der Waals surface area contributed by atoms with Crippen molar-refractivity contribution in [3.63, 3.8) is 0 Å². The monoisotopic (exact) mass is 392 g/mol.